The maximum Gasteiger partial charge on any atom is 0.322 e. The maximum atomic E-state index is 10.9. The summed E-state index contributed by atoms with van der Waals surface area (Å²) >= 11 is 0. The van der Waals surface area contributed by atoms with Crippen LogP contribution in [0, 0.1) is 0 Å². The van der Waals surface area contributed by atoms with E-state index in [-0.39, 0.29) is 6.01 Å². The monoisotopic (exact) mass is 287 g/mol. The number of aromatic nitrogens is 3. The van der Waals surface area contributed by atoms with Crippen LogP contribution in [0.1, 0.15) is 19.8 Å². The van der Waals surface area contributed by atoms with Crippen LogP contribution in [0.15, 0.2) is 0 Å². The highest BCUT2D eigenvalue weighted by molar-refractivity contribution is 7.84. The standard InChI is InChI=1S/C11H21N5O2S/c1-4-6-12-9-14-10(16-11(15-9)18-2)13-7-5-8-19(3)17/h4-8H2,1-3H3,(H2,12,13,14,15,16). The van der Waals surface area contributed by atoms with Crippen molar-refractivity contribution in [3.8, 4) is 6.01 Å². The Labute approximate surface area is 116 Å². The van der Waals surface area contributed by atoms with E-state index in [1.807, 2.05) is 0 Å². The number of hydrogen-bond donors (Lipinski definition) is 2. The van der Waals surface area contributed by atoms with Gasteiger partial charge in [0.05, 0.1) is 7.11 Å². The first kappa shape index (κ1) is 15.6. The van der Waals surface area contributed by atoms with Crippen molar-refractivity contribution in [3.63, 3.8) is 0 Å². The first-order valence-electron chi connectivity index (χ1n) is 6.23. The molecular formula is C11H21N5O2S. The molecule has 0 radical (unpaired) electrons. The molecule has 0 saturated carbocycles. The van der Waals surface area contributed by atoms with Crippen molar-refractivity contribution in [1.82, 2.24) is 15.0 Å². The Morgan fingerprint density at radius 3 is 2.32 bits per heavy atom. The average Bonchev–Trinajstić information content (AvgIpc) is 2.41. The molecule has 0 spiro atoms. The minimum absolute atomic E-state index is 0.273. The summed E-state index contributed by atoms with van der Waals surface area (Å²) in [6, 6.07) is 0.273. The van der Waals surface area contributed by atoms with E-state index in [1.165, 1.54) is 7.11 Å². The van der Waals surface area contributed by atoms with Crippen molar-refractivity contribution in [2.75, 3.05) is 42.8 Å². The molecular weight excluding hydrogens is 266 g/mol. The SMILES string of the molecule is CCCNc1nc(NCCCS(C)=O)nc(OC)n1. The Morgan fingerprint density at radius 2 is 1.79 bits per heavy atom. The molecule has 0 aliphatic heterocycles. The predicted molar refractivity (Wildman–Crippen MR) is 77.2 cm³/mol. The van der Waals surface area contributed by atoms with Crippen LogP contribution in [0.3, 0.4) is 0 Å². The summed E-state index contributed by atoms with van der Waals surface area (Å²) in [5.41, 5.74) is 0. The van der Waals surface area contributed by atoms with Crippen LogP contribution in [-0.2, 0) is 10.8 Å². The van der Waals surface area contributed by atoms with E-state index < -0.39 is 10.8 Å². The Hall–Kier alpha value is -1.44. The number of nitrogens with zero attached hydrogens (tertiary/aromatic N) is 3. The normalized spacial score (nSPS) is 11.9. The number of anilines is 2. The average molecular weight is 287 g/mol. The number of hydrogen-bond acceptors (Lipinski definition) is 7. The van der Waals surface area contributed by atoms with E-state index in [9.17, 15) is 4.21 Å². The van der Waals surface area contributed by atoms with Crippen molar-refractivity contribution in [1.29, 1.82) is 0 Å². The van der Waals surface area contributed by atoms with Crippen molar-refractivity contribution in [3.05, 3.63) is 0 Å². The van der Waals surface area contributed by atoms with Crippen LogP contribution in [0.4, 0.5) is 11.9 Å². The van der Waals surface area contributed by atoms with Crippen LogP contribution >= 0.6 is 0 Å². The van der Waals surface area contributed by atoms with Crippen LogP contribution in [0.2, 0.25) is 0 Å². The molecule has 1 aromatic rings. The predicted octanol–water partition coefficient (Wildman–Crippen LogP) is 0.883. The van der Waals surface area contributed by atoms with Crippen LogP contribution < -0.4 is 15.4 Å². The number of ether oxygens (including phenoxy) is 1. The highest BCUT2D eigenvalue weighted by Crippen LogP contribution is 2.10. The lowest BCUT2D eigenvalue weighted by Crippen LogP contribution is -2.12. The fourth-order valence-electron chi connectivity index (χ4n) is 1.32. The zero-order chi connectivity index (χ0) is 14.1. The van der Waals surface area contributed by atoms with Gasteiger partial charge in [0.1, 0.15) is 0 Å². The third-order valence-corrected chi connectivity index (χ3v) is 3.09. The molecule has 1 rings (SSSR count). The summed E-state index contributed by atoms with van der Waals surface area (Å²) in [6.07, 6.45) is 3.48. The third-order valence-electron chi connectivity index (χ3n) is 2.22. The van der Waals surface area contributed by atoms with E-state index in [2.05, 4.69) is 32.5 Å². The van der Waals surface area contributed by atoms with Gasteiger partial charge in [0.15, 0.2) is 0 Å². The second-order valence-corrected chi connectivity index (χ2v) is 5.51. The molecule has 1 aromatic heterocycles. The lowest BCUT2D eigenvalue weighted by atomic mass is 10.5. The van der Waals surface area contributed by atoms with Gasteiger partial charge in [-0.2, -0.15) is 15.0 Å². The summed E-state index contributed by atoms with van der Waals surface area (Å²) in [7, 11) is 0.748. The Balaban J connectivity index is 2.57. The lowest BCUT2D eigenvalue weighted by molar-refractivity contribution is 0.379. The third kappa shape index (κ3) is 6.32. The molecule has 0 aliphatic rings. The molecule has 0 fully saturated rings. The van der Waals surface area contributed by atoms with Gasteiger partial charge in [0.2, 0.25) is 11.9 Å². The zero-order valence-corrected chi connectivity index (χ0v) is 12.4. The lowest BCUT2D eigenvalue weighted by Gasteiger charge is -2.08. The Bertz CT molecular complexity index is 416. The fraction of sp³-hybridized carbons (Fsp3) is 0.727. The van der Waals surface area contributed by atoms with Gasteiger partial charge in [-0.1, -0.05) is 6.92 Å². The fourth-order valence-corrected chi connectivity index (χ4v) is 1.87. The first-order chi connectivity index (χ1) is 9.15. The number of rotatable bonds is 9. The van der Waals surface area contributed by atoms with Gasteiger partial charge in [-0.15, -0.1) is 0 Å². The molecule has 0 aromatic carbocycles. The van der Waals surface area contributed by atoms with Crippen molar-refractivity contribution < 1.29 is 8.95 Å². The second-order valence-electron chi connectivity index (χ2n) is 3.95. The summed E-state index contributed by atoms with van der Waals surface area (Å²) in [5.74, 6) is 1.62. The molecule has 1 unspecified atom stereocenters. The Kier molecular flexibility index (Phi) is 7.09. The minimum Gasteiger partial charge on any atom is -0.467 e. The van der Waals surface area contributed by atoms with Crippen LogP contribution in [0.5, 0.6) is 6.01 Å². The highest BCUT2D eigenvalue weighted by atomic mass is 32.2. The van der Waals surface area contributed by atoms with E-state index in [0.717, 1.165) is 19.4 Å². The molecule has 7 nitrogen and oxygen atoms in total. The summed E-state index contributed by atoms with van der Waals surface area (Å²) in [5, 5.41) is 6.16. The summed E-state index contributed by atoms with van der Waals surface area (Å²) in [6.45, 7) is 3.52. The summed E-state index contributed by atoms with van der Waals surface area (Å²) in [4.78, 5) is 12.4. The molecule has 8 heteroatoms. The molecule has 2 N–H and O–H groups in total. The second kappa shape index (κ2) is 8.63. The first-order valence-corrected chi connectivity index (χ1v) is 7.96. The molecule has 0 aliphatic carbocycles. The van der Waals surface area contributed by atoms with Gasteiger partial charge in [0.25, 0.3) is 0 Å². The molecule has 0 amide bonds. The maximum absolute atomic E-state index is 10.9. The van der Waals surface area contributed by atoms with Gasteiger partial charge < -0.3 is 15.4 Å². The molecule has 0 saturated heterocycles. The molecule has 1 heterocycles. The van der Waals surface area contributed by atoms with E-state index >= 15 is 0 Å². The molecule has 19 heavy (non-hydrogen) atoms. The summed E-state index contributed by atoms with van der Waals surface area (Å²) < 4.78 is 16.0. The highest BCUT2D eigenvalue weighted by Gasteiger charge is 2.05. The van der Waals surface area contributed by atoms with Crippen LogP contribution in [0.25, 0.3) is 0 Å². The smallest absolute Gasteiger partial charge is 0.322 e. The zero-order valence-electron chi connectivity index (χ0n) is 11.6. The Morgan fingerprint density at radius 1 is 1.16 bits per heavy atom. The largest absolute Gasteiger partial charge is 0.467 e. The van der Waals surface area contributed by atoms with Gasteiger partial charge in [-0.05, 0) is 12.8 Å². The van der Waals surface area contributed by atoms with Gasteiger partial charge in [0, 0.05) is 35.9 Å². The molecule has 108 valence electrons. The molecule has 1 atom stereocenters. The van der Waals surface area contributed by atoms with Gasteiger partial charge >= 0.3 is 6.01 Å². The topological polar surface area (TPSA) is 89.0 Å². The van der Waals surface area contributed by atoms with Gasteiger partial charge in [-0.3, -0.25) is 4.21 Å². The van der Waals surface area contributed by atoms with Crippen LogP contribution in [-0.4, -0.2) is 51.4 Å². The van der Waals surface area contributed by atoms with Gasteiger partial charge in [-0.25, -0.2) is 0 Å². The van der Waals surface area contributed by atoms with Crippen molar-refractivity contribution in [2.45, 2.75) is 19.8 Å². The van der Waals surface area contributed by atoms with Crippen molar-refractivity contribution in [2.24, 2.45) is 0 Å². The number of methoxy groups -OCH3 is 1. The van der Waals surface area contributed by atoms with Crippen molar-refractivity contribution >= 4 is 22.7 Å². The van der Waals surface area contributed by atoms with E-state index in [0.29, 0.717) is 24.2 Å². The minimum atomic E-state index is -0.768. The quantitative estimate of drug-likeness (QED) is 0.652. The molecule has 0 bridgehead atoms. The van der Waals surface area contributed by atoms with E-state index in [1.54, 1.807) is 6.26 Å². The van der Waals surface area contributed by atoms with E-state index in [4.69, 9.17) is 4.74 Å². The number of nitrogens with one attached hydrogen (secondary N) is 2.